The molecule has 20 heavy (non-hydrogen) atoms. The van der Waals surface area contributed by atoms with Crippen LogP contribution in [-0.2, 0) is 0 Å². The van der Waals surface area contributed by atoms with Crippen LogP contribution in [0.1, 0.15) is 5.56 Å². The highest BCUT2D eigenvalue weighted by molar-refractivity contribution is 6.37. The SMILES string of the molecule is [B]c1c(C#N)cccc1-c1c(F)c(F)c(F)c(F)c1F. The second kappa shape index (κ2) is 4.97. The molecule has 98 valence electrons. The van der Waals surface area contributed by atoms with E-state index in [4.69, 9.17) is 13.1 Å². The van der Waals surface area contributed by atoms with E-state index in [2.05, 4.69) is 0 Å². The van der Waals surface area contributed by atoms with E-state index in [0.29, 0.717) is 0 Å². The van der Waals surface area contributed by atoms with Crippen LogP contribution in [0.2, 0.25) is 0 Å². The van der Waals surface area contributed by atoms with Gasteiger partial charge in [-0.2, -0.15) is 5.26 Å². The van der Waals surface area contributed by atoms with Crippen molar-refractivity contribution in [3.8, 4) is 17.2 Å². The quantitative estimate of drug-likeness (QED) is 0.341. The molecule has 0 unspecified atom stereocenters. The smallest absolute Gasteiger partial charge is 0.200 e. The van der Waals surface area contributed by atoms with Crippen molar-refractivity contribution in [1.82, 2.24) is 0 Å². The largest absolute Gasteiger partial charge is 0.203 e. The van der Waals surface area contributed by atoms with Crippen LogP contribution in [0.15, 0.2) is 18.2 Å². The maximum Gasteiger partial charge on any atom is 0.200 e. The van der Waals surface area contributed by atoms with E-state index in [1.54, 1.807) is 6.07 Å². The lowest BCUT2D eigenvalue weighted by molar-refractivity contribution is 0.381. The highest BCUT2D eigenvalue weighted by Gasteiger charge is 2.27. The van der Waals surface area contributed by atoms with Gasteiger partial charge in [0.05, 0.1) is 11.6 Å². The number of halogens is 5. The van der Waals surface area contributed by atoms with Crippen molar-refractivity contribution in [2.45, 2.75) is 0 Å². The predicted molar refractivity (Wildman–Crippen MR) is 61.8 cm³/mol. The Bertz CT molecular complexity index is 722. The van der Waals surface area contributed by atoms with E-state index in [0.717, 1.165) is 6.07 Å². The summed E-state index contributed by atoms with van der Waals surface area (Å²) in [6.45, 7) is 0. The third-order valence-corrected chi connectivity index (χ3v) is 2.71. The van der Waals surface area contributed by atoms with Crippen molar-refractivity contribution in [2.24, 2.45) is 0 Å². The van der Waals surface area contributed by atoms with Crippen LogP contribution < -0.4 is 5.46 Å². The van der Waals surface area contributed by atoms with Crippen LogP contribution in [0, 0.1) is 40.4 Å². The fourth-order valence-corrected chi connectivity index (χ4v) is 1.72. The summed E-state index contributed by atoms with van der Waals surface area (Å²) in [6, 6.07) is 5.20. The van der Waals surface area contributed by atoms with Gasteiger partial charge < -0.3 is 0 Å². The maximum atomic E-state index is 13.6. The van der Waals surface area contributed by atoms with E-state index in [-0.39, 0.29) is 11.0 Å². The molecule has 7 heteroatoms. The number of nitriles is 1. The maximum absolute atomic E-state index is 13.6. The summed E-state index contributed by atoms with van der Waals surface area (Å²) in [6.07, 6.45) is 0. The van der Waals surface area contributed by atoms with Crippen LogP contribution in [0.5, 0.6) is 0 Å². The molecule has 0 aliphatic rings. The number of hydrogen-bond donors (Lipinski definition) is 0. The first-order valence-electron chi connectivity index (χ1n) is 5.20. The van der Waals surface area contributed by atoms with Crippen LogP contribution in [0.3, 0.4) is 0 Å². The second-order valence-corrected chi connectivity index (χ2v) is 3.82. The molecule has 0 saturated carbocycles. The Balaban J connectivity index is 2.88. The molecule has 0 heterocycles. The van der Waals surface area contributed by atoms with Crippen molar-refractivity contribution in [1.29, 1.82) is 5.26 Å². The Labute approximate surface area is 111 Å². The van der Waals surface area contributed by atoms with Gasteiger partial charge >= 0.3 is 0 Å². The molecule has 0 aromatic heterocycles. The first-order valence-corrected chi connectivity index (χ1v) is 5.20. The van der Waals surface area contributed by atoms with Crippen LogP contribution in [-0.4, -0.2) is 7.85 Å². The zero-order chi connectivity index (χ0) is 15.0. The minimum absolute atomic E-state index is 0.133. The summed E-state index contributed by atoms with van der Waals surface area (Å²) in [4.78, 5) is 0. The van der Waals surface area contributed by atoms with Gasteiger partial charge in [0.25, 0.3) is 0 Å². The summed E-state index contributed by atoms with van der Waals surface area (Å²) in [5.74, 6) is -10.4. The zero-order valence-electron chi connectivity index (χ0n) is 9.65. The summed E-state index contributed by atoms with van der Waals surface area (Å²) in [5, 5.41) is 8.76. The summed E-state index contributed by atoms with van der Waals surface area (Å²) in [7, 11) is 5.51. The zero-order valence-corrected chi connectivity index (χ0v) is 9.65. The number of benzene rings is 2. The van der Waals surface area contributed by atoms with E-state index in [1.807, 2.05) is 0 Å². The third kappa shape index (κ3) is 1.93. The molecule has 2 aromatic carbocycles. The van der Waals surface area contributed by atoms with Crippen molar-refractivity contribution < 1.29 is 22.0 Å². The van der Waals surface area contributed by atoms with Gasteiger partial charge in [0, 0.05) is 5.56 Å². The third-order valence-electron chi connectivity index (χ3n) is 2.71. The molecule has 0 amide bonds. The normalized spacial score (nSPS) is 10.4. The molecule has 0 fully saturated rings. The van der Waals surface area contributed by atoms with Crippen LogP contribution in [0.25, 0.3) is 11.1 Å². The molecule has 1 nitrogen and oxygen atoms in total. The monoisotopic (exact) mass is 279 g/mol. The van der Waals surface area contributed by atoms with E-state index in [1.165, 1.54) is 12.1 Å². The molecule has 0 saturated heterocycles. The van der Waals surface area contributed by atoms with Gasteiger partial charge in [-0.15, -0.1) is 0 Å². The van der Waals surface area contributed by atoms with E-state index >= 15 is 0 Å². The molecular formula is C13H3BF5N. The Morgan fingerprint density at radius 3 is 1.85 bits per heavy atom. The van der Waals surface area contributed by atoms with Crippen LogP contribution >= 0.6 is 0 Å². The van der Waals surface area contributed by atoms with E-state index < -0.39 is 40.2 Å². The number of rotatable bonds is 1. The van der Waals surface area contributed by atoms with Crippen molar-refractivity contribution in [3.63, 3.8) is 0 Å². The van der Waals surface area contributed by atoms with Crippen LogP contribution in [0.4, 0.5) is 22.0 Å². The topological polar surface area (TPSA) is 23.8 Å². The fourth-order valence-electron chi connectivity index (χ4n) is 1.72. The lowest BCUT2D eigenvalue weighted by atomic mass is 9.83. The molecule has 0 aliphatic heterocycles. The molecule has 2 rings (SSSR count). The lowest BCUT2D eigenvalue weighted by Gasteiger charge is -2.12. The van der Waals surface area contributed by atoms with Gasteiger partial charge in [-0.05, 0) is 11.6 Å². The molecule has 0 bridgehead atoms. The number of nitrogens with zero attached hydrogens (tertiary/aromatic N) is 1. The minimum atomic E-state index is -2.25. The average molecular weight is 279 g/mol. The molecule has 0 atom stereocenters. The molecule has 2 radical (unpaired) electrons. The molecular weight excluding hydrogens is 276 g/mol. The number of hydrogen-bond acceptors (Lipinski definition) is 1. The highest BCUT2D eigenvalue weighted by atomic mass is 19.2. The van der Waals surface area contributed by atoms with Crippen molar-refractivity contribution in [3.05, 3.63) is 52.8 Å². The Hall–Kier alpha value is -2.36. The average Bonchev–Trinajstić information content (AvgIpc) is 2.45. The lowest BCUT2D eigenvalue weighted by Crippen LogP contribution is -2.15. The van der Waals surface area contributed by atoms with Gasteiger partial charge in [-0.3, -0.25) is 0 Å². The van der Waals surface area contributed by atoms with Gasteiger partial charge in [0.15, 0.2) is 23.3 Å². The highest BCUT2D eigenvalue weighted by Crippen LogP contribution is 2.30. The molecule has 0 spiro atoms. The Morgan fingerprint density at radius 1 is 0.850 bits per heavy atom. The minimum Gasteiger partial charge on any atom is -0.203 e. The predicted octanol–water partition coefficient (Wildman–Crippen LogP) is 2.71. The fraction of sp³-hybridized carbons (Fsp3) is 0. The molecule has 0 aliphatic carbocycles. The van der Waals surface area contributed by atoms with Crippen molar-refractivity contribution in [2.75, 3.05) is 0 Å². The van der Waals surface area contributed by atoms with Gasteiger partial charge in [0.2, 0.25) is 5.82 Å². The van der Waals surface area contributed by atoms with Gasteiger partial charge in [-0.25, -0.2) is 22.0 Å². The first-order chi connectivity index (χ1) is 9.40. The summed E-state index contributed by atoms with van der Waals surface area (Å²) < 4.78 is 66.5. The summed E-state index contributed by atoms with van der Waals surface area (Å²) >= 11 is 0. The Morgan fingerprint density at radius 2 is 1.35 bits per heavy atom. The molecule has 0 N–H and O–H groups in total. The standard InChI is InChI=1S/C13H3BF5N/c14-8-5(4-20)2-1-3-6(8)7-9(15)11(17)13(19)12(18)10(7)16/h1-3H. The molecule has 2 aromatic rings. The second-order valence-electron chi connectivity index (χ2n) is 3.82. The summed E-state index contributed by atoms with van der Waals surface area (Å²) in [5.41, 5.74) is -2.09. The van der Waals surface area contributed by atoms with E-state index in [9.17, 15) is 22.0 Å². The van der Waals surface area contributed by atoms with Crippen molar-refractivity contribution >= 4 is 13.3 Å². The first kappa shape index (κ1) is 14.1. The Kier molecular flexibility index (Phi) is 3.49. The van der Waals surface area contributed by atoms with Gasteiger partial charge in [-0.1, -0.05) is 17.6 Å². The van der Waals surface area contributed by atoms with Gasteiger partial charge in [0.1, 0.15) is 7.85 Å².